The molecule has 0 aliphatic rings. The van der Waals surface area contributed by atoms with E-state index < -0.39 is 0 Å². The number of ether oxygens (including phenoxy) is 1. The Morgan fingerprint density at radius 3 is 2.46 bits per heavy atom. The molecular weight excluding hydrogens is 300 g/mol. The number of anilines is 3. The first kappa shape index (κ1) is 17.9. The van der Waals surface area contributed by atoms with Gasteiger partial charge in [-0.25, -0.2) is 4.79 Å². The van der Waals surface area contributed by atoms with Gasteiger partial charge in [0.1, 0.15) is 0 Å². The second-order valence-electron chi connectivity index (χ2n) is 6.18. The number of unbranched alkanes of at least 4 members (excludes halogenated alkanes) is 1. The van der Waals surface area contributed by atoms with Crippen molar-refractivity contribution in [2.45, 2.75) is 46.1 Å². The number of carbonyl (C=O) groups excluding carboxylic acids is 1. The standard InChI is InChI=1S/C20H26N2O2/c1-4-5-6-15-7-10-17(11-8-15)22-19-12-9-16(13-18(19)21)20(23)24-14(2)3/h7-14,22H,4-6,21H2,1-3H3. The van der Waals surface area contributed by atoms with Gasteiger partial charge in [0, 0.05) is 5.69 Å². The van der Waals surface area contributed by atoms with E-state index in [1.807, 2.05) is 26.0 Å². The first-order valence-corrected chi connectivity index (χ1v) is 8.46. The van der Waals surface area contributed by atoms with Crippen LogP contribution >= 0.6 is 0 Å². The van der Waals surface area contributed by atoms with E-state index in [1.165, 1.54) is 18.4 Å². The second kappa shape index (κ2) is 8.39. The lowest BCUT2D eigenvalue weighted by molar-refractivity contribution is 0.0378. The lowest BCUT2D eigenvalue weighted by Gasteiger charge is -2.12. The van der Waals surface area contributed by atoms with Crippen molar-refractivity contribution >= 4 is 23.0 Å². The number of aryl methyl sites for hydroxylation is 1. The van der Waals surface area contributed by atoms with Gasteiger partial charge >= 0.3 is 5.97 Å². The Balaban J connectivity index is 2.06. The van der Waals surface area contributed by atoms with E-state index in [2.05, 4.69) is 24.4 Å². The molecule has 2 aromatic rings. The van der Waals surface area contributed by atoms with Crippen molar-refractivity contribution in [3.05, 3.63) is 53.6 Å². The maximum atomic E-state index is 11.9. The Bertz CT molecular complexity index is 679. The van der Waals surface area contributed by atoms with Gasteiger partial charge in [-0.15, -0.1) is 0 Å². The minimum atomic E-state index is -0.358. The fourth-order valence-electron chi connectivity index (χ4n) is 2.38. The van der Waals surface area contributed by atoms with E-state index in [9.17, 15) is 4.79 Å². The van der Waals surface area contributed by atoms with Gasteiger partial charge < -0.3 is 15.8 Å². The number of esters is 1. The highest BCUT2D eigenvalue weighted by atomic mass is 16.5. The molecule has 0 aromatic heterocycles. The van der Waals surface area contributed by atoms with Crippen LogP contribution in [-0.2, 0) is 11.2 Å². The summed E-state index contributed by atoms with van der Waals surface area (Å²) in [6.07, 6.45) is 3.35. The molecule has 0 radical (unpaired) electrons. The third-order valence-corrected chi connectivity index (χ3v) is 3.68. The predicted octanol–water partition coefficient (Wildman–Crippen LogP) is 4.92. The molecule has 4 heteroatoms. The fraction of sp³-hybridized carbons (Fsp3) is 0.350. The summed E-state index contributed by atoms with van der Waals surface area (Å²) in [5, 5.41) is 3.29. The molecule has 128 valence electrons. The molecular formula is C20H26N2O2. The zero-order valence-electron chi connectivity index (χ0n) is 14.6. The van der Waals surface area contributed by atoms with Crippen LogP contribution in [0.4, 0.5) is 17.1 Å². The van der Waals surface area contributed by atoms with Gasteiger partial charge in [0.15, 0.2) is 0 Å². The van der Waals surface area contributed by atoms with Crippen LogP contribution in [0, 0.1) is 0 Å². The largest absolute Gasteiger partial charge is 0.459 e. The van der Waals surface area contributed by atoms with Crippen molar-refractivity contribution in [2.75, 3.05) is 11.1 Å². The zero-order chi connectivity index (χ0) is 17.5. The molecule has 3 N–H and O–H groups in total. The van der Waals surface area contributed by atoms with Gasteiger partial charge in [-0.05, 0) is 62.6 Å². The third kappa shape index (κ3) is 5.01. The summed E-state index contributed by atoms with van der Waals surface area (Å²) in [5.74, 6) is -0.358. The van der Waals surface area contributed by atoms with E-state index >= 15 is 0 Å². The summed E-state index contributed by atoms with van der Waals surface area (Å²) in [7, 11) is 0. The Kier molecular flexibility index (Phi) is 6.24. The van der Waals surface area contributed by atoms with E-state index in [0.717, 1.165) is 17.8 Å². The number of hydrogen-bond acceptors (Lipinski definition) is 4. The molecule has 0 saturated heterocycles. The molecule has 0 heterocycles. The Morgan fingerprint density at radius 1 is 1.17 bits per heavy atom. The lowest BCUT2D eigenvalue weighted by Crippen LogP contribution is -2.12. The van der Waals surface area contributed by atoms with Crippen LogP contribution in [0.5, 0.6) is 0 Å². The summed E-state index contributed by atoms with van der Waals surface area (Å²) < 4.78 is 5.18. The van der Waals surface area contributed by atoms with Gasteiger partial charge in [-0.1, -0.05) is 25.5 Å². The topological polar surface area (TPSA) is 64.3 Å². The number of hydrogen-bond donors (Lipinski definition) is 2. The van der Waals surface area contributed by atoms with Crippen LogP contribution < -0.4 is 11.1 Å². The number of benzene rings is 2. The first-order chi connectivity index (χ1) is 11.5. The van der Waals surface area contributed by atoms with Crippen molar-refractivity contribution in [1.29, 1.82) is 0 Å². The van der Waals surface area contributed by atoms with E-state index in [4.69, 9.17) is 10.5 Å². The van der Waals surface area contributed by atoms with Crippen LogP contribution in [0.15, 0.2) is 42.5 Å². The van der Waals surface area contributed by atoms with Crippen LogP contribution in [0.2, 0.25) is 0 Å². The monoisotopic (exact) mass is 326 g/mol. The molecule has 0 spiro atoms. The lowest BCUT2D eigenvalue weighted by atomic mass is 10.1. The highest BCUT2D eigenvalue weighted by Gasteiger charge is 2.11. The van der Waals surface area contributed by atoms with Gasteiger partial charge in [0.05, 0.1) is 23.0 Å². The van der Waals surface area contributed by atoms with E-state index in [-0.39, 0.29) is 12.1 Å². The maximum absolute atomic E-state index is 11.9. The average Bonchev–Trinajstić information content (AvgIpc) is 2.55. The molecule has 0 fully saturated rings. The van der Waals surface area contributed by atoms with E-state index in [1.54, 1.807) is 18.2 Å². The minimum absolute atomic E-state index is 0.150. The maximum Gasteiger partial charge on any atom is 0.338 e. The van der Waals surface area contributed by atoms with Crippen LogP contribution in [0.3, 0.4) is 0 Å². The summed E-state index contributed by atoms with van der Waals surface area (Å²) in [4.78, 5) is 11.9. The molecule has 0 bridgehead atoms. The summed E-state index contributed by atoms with van der Waals surface area (Å²) in [6.45, 7) is 5.84. The molecule has 0 aliphatic carbocycles. The molecule has 4 nitrogen and oxygen atoms in total. The quantitative estimate of drug-likeness (QED) is 0.560. The van der Waals surface area contributed by atoms with Crippen LogP contribution in [0.25, 0.3) is 0 Å². The number of nitrogens with one attached hydrogen (secondary N) is 1. The molecule has 2 aromatic carbocycles. The summed E-state index contributed by atoms with van der Waals surface area (Å²) >= 11 is 0. The SMILES string of the molecule is CCCCc1ccc(Nc2ccc(C(=O)OC(C)C)cc2N)cc1. The Morgan fingerprint density at radius 2 is 1.88 bits per heavy atom. The Hall–Kier alpha value is -2.49. The van der Waals surface area contributed by atoms with Crippen molar-refractivity contribution in [3.63, 3.8) is 0 Å². The first-order valence-electron chi connectivity index (χ1n) is 8.46. The highest BCUT2D eigenvalue weighted by molar-refractivity contribution is 5.92. The predicted molar refractivity (Wildman–Crippen MR) is 99.7 cm³/mol. The van der Waals surface area contributed by atoms with Crippen molar-refractivity contribution in [2.24, 2.45) is 0 Å². The number of carbonyl (C=O) groups is 1. The van der Waals surface area contributed by atoms with Gasteiger partial charge in [0.2, 0.25) is 0 Å². The smallest absolute Gasteiger partial charge is 0.338 e. The van der Waals surface area contributed by atoms with Crippen molar-refractivity contribution in [1.82, 2.24) is 0 Å². The molecule has 0 amide bonds. The molecule has 0 unspecified atom stereocenters. The molecule has 2 rings (SSSR count). The van der Waals surface area contributed by atoms with Crippen molar-refractivity contribution in [3.8, 4) is 0 Å². The second-order valence-corrected chi connectivity index (χ2v) is 6.18. The van der Waals surface area contributed by atoms with Gasteiger partial charge in [0.25, 0.3) is 0 Å². The normalized spacial score (nSPS) is 10.7. The van der Waals surface area contributed by atoms with Crippen LogP contribution in [0.1, 0.15) is 49.5 Å². The molecule has 0 saturated carbocycles. The van der Waals surface area contributed by atoms with Gasteiger partial charge in [-0.2, -0.15) is 0 Å². The minimum Gasteiger partial charge on any atom is -0.459 e. The van der Waals surface area contributed by atoms with Crippen LogP contribution in [-0.4, -0.2) is 12.1 Å². The molecule has 0 atom stereocenters. The number of nitrogen functional groups attached to an aromatic ring is 1. The number of nitrogens with two attached hydrogens (primary N) is 1. The summed E-state index contributed by atoms with van der Waals surface area (Å²) in [6, 6.07) is 13.5. The summed E-state index contributed by atoms with van der Waals surface area (Å²) in [5.41, 5.74) is 10.1. The fourth-order valence-corrected chi connectivity index (χ4v) is 2.38. The third-order valence-electron chi connectivity index (χ3n) is 3.68. The zero-order valence-corrected chi connectivity index (χ0v) is 14.6. The number of rotatable bonds is 7. The van der Waals surface area contributed by atoms with Gasteiger partial charge in [-0.3, -0.25) is 0 Å². The Labute approximate surface area is 144 Å². The average molecular weight is 326 g/mol. The van der Waals surface area contributed by atoms with E-state index in [0.29, 0.717) is 11.3 Å². The molecule has 0 aliphatic heterocycles. The highest BCUT2D eigenvalue weighted by Crippen LogP contribution is 2.25. The van der Waals surface area contributed by atoms with Crippen molar-refractivity contribution < 1.29 is 9.53 Å². The molecule has 24 heavy (non-hydrogen) atoms.